The van der Waals surface area contributed by atoms with Gasteiger partial charge in [0.1, 0.15) is 0 Å². The smallest absolute Gasteiger partial charge is 0.284 e. The lowest BCUT2D eigenvalue weighted by Gasteiger charge is -2.22. The van der Waals surface area contributed by atoms with Crippen LogP contribution in [0.1, 0.15) is 29.7 Å². The SMILES string of the molecule is CS(=O)(=O)Nc1n[nH]c2ccc3nc(-c4c[nH]nc4C(F)(F)F)c4c(c3c12)CCCC4. The summed E-state index contributed by atoms with van der Waals surface area (Å²) in [4.78, 5) is 4.59. The molecule has 5 rings (SSSR count). The van der Waals surface area contributed by atoms with E-state index in [1.807, 2.05) is 0 Å². The summed E-state index contributed by atoms with van der Waals surface area (Å²) in [6, 6.07) is 3.38. The number of nitrogens with one attached hydrogen (secondary N) is 3. The highest BCUT2D eigenvalue weighted by Crippen LogP contribution is 2.42. The first kappa shape index (κ1) is 19.8. The molecule has 1 aromatic carbocycles. The Bertz CT molecular complexity index is 1440. The van der Waals surface area contributed by atoms with Crippen molar-refractivity contribution in [1.82, 2.24) is 25.4 Å². The summed E-state index contributed by atoms with van der Waals surface area (Å²) in [7, 11) is -3.58. The number of sulfonamides is 1. The van der Waals surface area contributed by atoms with Gasteiger partial charge in [0.2, 0.25) is 10.0 Å². The molecule has 0 unspecified atom stereocenters. The Hall–Kier alpha value is -3.15. The molecule has 1 aliphatic rings. The molecule has 31 heavy (non-hydrogen) atoms. The van der Waals surface area contributed by atoms with E-state index in [2.05, 4.69) is 30.1 Å². The molecule has 0 saturated carbocycles. The van der Waals surface area contributed by atoms with E-state index in [0.29, 0.717) is 34.6 Å². The number of rotatable bonds is 3. The third-order valence-corrected chi connectivity index (χ3v) is 6.01. The van der Waals surface area contributed by atoms with Crippen molar-refractivity contribution in [3.63, 3.8) is 0 Å². The molecule has 0 saturated heterocycles. The van der Waals surface area contributed by atoms with Crippen molar-refractivity contribution in [2.45, 2.75) is 31.9 Å². The minimum absolute atomic E-state index is 0.0886. The Morgan fingerprint density at radius 2 is 1.81 bits per heavy atom. The molecule has 0 fully saturated rings. The van der Waals surface area contributed by atoms with E-state index in [-0.39, 0.29) is 17.1 Å². The topological polar surface area (TPSA) is 116 Å². The Labute approximate surface area is 174 Å². The van der Waals surface area contributed by atoms with Crippen molar-refractivity contribution in [2.24, 2.45) is 0 Å². The van der Waals surface area contributed by atoms with Gasteiger partial charge in [-0.15, -0.1) is 0 Å². The van der Waals surface area contributed by atoms with E-state index in [1.165, 1.54) is 6.20 Å². The molecule has 3 aromatic heterocycles. The van der Waals surface area contributed by atoms with Gasteiger partial charge in [0.05, 0.1) is 33.9 Å². The molecule has 0 amide bonds. The summed E-state index contributed by atoms with van der Waals surface area (Å²) in [6.45, 7) is 0. The zero-order chi connectivity index (χ0) is 22.0. The van der Waals surface area contributed by atoms with Crippen molar-refractivity contribution >= 4 is 37.6 Å². The molecule has 3 N–H and O–H groups in total. The van der Waals surface area contributed by atoms with E-state index in [1.54, 1.807) is 12.1 Å². The molecule has 0 atom stereocenters. The molecule has 0 radical (unpaired) electrons. The maximum Gasteiger partial charge on any atom is 0.435 e. The van der Waals surface area contributed by atoms with E-state index in [9.17, 15) is 21.6 Å². The van der Waals surface area contributed by atoms with Crippen LogP contribution in [0.25, 0.3) is 33.1 Å². The predicted molar refractivity (Wildman–Crippen MR) is 109 cm³/mol. The zero-order valence-electron chi connectivity index (χ0n) is 16.3. The van der Waals surface area contributed by atoms with Crippen LogP contribution >= 0.6 is 0 Å². The van der Waals surface area contributed by atoms with E-state index in [4.69, 9.17) is 0 Å². The van der Waals surface area contributed by atoms with Gasteiger partial charge in [-0.2, -0.15) is 23.4 Å². The predicted octanol–water partition coefficient (Wildman–Crippen LogP) is 3.77. The second kappa shape index (κ2) is 6.67. The first-order chi connectivity index (χ1) is 14.6. The summed E-state index contributed by atoms with van der Waals surface area (Å²) in [5, 5.41) is 13.9. The lowest BCUT2D eigenvalue weighted by atomic mass is 9.85. The summed E-state index contributed by atoms with van der Waals surface area (Å²) in [5.41, 5.74) is 1.83. The van der Waals surface area contributed by atoms with Crippen molar-refractivity contribution in [2.75, 3.05) is 11.0 Å². The molecule has 0 aliphatic heterocycles. The zero-order valence-corrected chi connectivity index (χ0v) is 17.1. The van der Waals surface area contributed by atoms with Gasteiger partial charge in [0.25, 0.3) is 0 Å². The lowest BCUT2D eigenvalue weighted by Crippen LogP contribution is -2.12. The van der Waals surface area contributed by atoms with Gasteiger partial charge in [-0.25, -0.2) is 13.4 Å². The summed E-state index contributed by atoms with van der Waals surface area (Å²) < 4.78 is 66.5. The normalized spacial score (nSPS) is 14.8. The number of nitrogens with zero attached hydrogens (tertiary/aromatic N) is 3. The van der Waals surface area contributed by atoms with Crippen molar-refractivity contribution in [3.8, 4) is 11.3 Å². The van der Waals surface area contributed by atoms with Crippen LogP contribution in [0.4, 0.5) is 19.0 Å². The minimum Gasteiger partial charge on any atom is -0.284 e. The van der Waals surface area contributed by atoms with Crippen LogP contribution in [0.5, 0.6) is 0 Å². The molecular formula is C19H17F3N6O2S. The Kier molecular flexibility index (Phi) is 4.26. The largest absolute Gasteiger partial charge is 0.435 e. The van der Waals surface area contributed by atoms with Gasteiger partial charge >= 0.3 is 6.18 Å². The molecule has 12 heteroatoms. The fraction of sp³-hybridized carbons (Fsp3) is 0.316. The fourth-order valence-electron chi connectivity index (χ4n) is 4.29. The van der Waals surface area contributed by atoms with Crippen LogP contribution in [0.15, 0.2) is 18.3 Å². The number of alkyl halides is 3. The number of fused-ring (bicyclic) bond motifs is 5. The molecule has 1 aliphatic carbocycles. The van der Waals surface area contributed by atoms with Crippen molar-refractivity contribution in [1.29, 1.82) is 0 Å². The Balaban J connectivity index is 1.86. The summed E-state index contributed by atoms with van der Waals surface area (Å²) in [6.07, 6.45) is 0.534. The summed E-state index contributed by atoms with van der Waals surface area (Å²) >= 11 is 0. The molecule has 0 bridgehead atoms. The Morgan fingerprint density at radius 3 is 2.52 bits per heavy atom. The van der Waals surface area contributed by atoms with Crippen LogP contribution in [-0.4, -0.2) is 40.1 Å². The number of hydrogen-bond acceptors (Lipinski definition) is 5. The number of aromatic amines is 2. The van der Waals surface area contributed by atoms with Gasteiger partial charge in [-0.05, 0) is 48.9 Å². The minimum atomic E-state index is -4.62. The number of benzene rings is 1. The number of aryl methyl sites for hydroxylation is 1. The van der Waals surface area contributed by atoms with Crippen LogP contribution in [0.3, 0.4) is 0 Å². The lowest BCUT2D eigenvalue weighted by molar-refractivity contribution is -0.140. The second-order valence-corrected chi connectivity index (χ2v) is 9.35. The number of aromatic nitrogens is 5. The Morgan fingerprint density at radius 1 is 1.06 bits per heavy atom. The molecule has 3 heterocycles. The monoisotopic (exact) mass is 450 g/mol. The van der Waals surface area contributed by atoms with Gasteiger partial charge < -0.3 is 0 Å². The maximum atomic E-state index is 13.5. The number of halogens is 3. The average Bonchev–Trinajstić information content (AvgIpc) is 3.33. The standard InChI is InChI=1S/C19H17F3N6O2S/c1-31(29,30)28-18-15-13(25-27-18)7-6-12-14(15)9-4-2-3-5-10(9)16(24-12)11-8-23-26-17(11)19(20,21)22/h6-8H,2-5H2,1H3,(H,23,26)(H2,25,27,28). The van der Waals surface area contributed by atoms with E-state index < -0.39 is 21.9 Å². The quantitative estimate of drug-likeness (QED) is 0.439. The fourth-order valence-corrected chi connectivity index (χ4v) is 4.79. The van der Waals surface area contributed by atoms with Crippen molar-refractivity contribution in [3.05, 3.63) is 35.2 Å². The van der Waals surface area contributed by atoms with Crippen molar-refractivity contribution < 1.29 is 21.6 Å². The highest BCUT2D eigenvalue weighted by Gasteiger charge is 2.38. The maximum absolute atomic E-state index is 13.5. The second-order valence-electron chi connectivity index (χ2n) is 7.60. The van der Waals surface area contributed by atoms with Gasteiger partial charge in [0.15, 0.2) is 11.5 Å². The van der Waals surface area contributed by atoms with Crippen LogP contribution in [-0.2, 0) is 29.0 Å². The van der Waals surface area contributed by atoms with Crippen LogP contribution in [0, 0.1) is 0 Å². The van der Waals surface area contributed by atoms with Crippen LogP contribution in [0.2, 0.25) is 0 Å². The van der Waals surface area contributed by atoms with Gasteiger partial charge in [-0.1, -0.05) is 0 Å². The first-order valence-electron chi connectivity index (χ1n) is 9.55. The summed E-state index contributed by atoms with van der Waals surface area (Å²) in [5.74, 6) is 0.143. The molecular weight excluding hydrogens is 433 g/mol. The number of hydrogen-bond donors (Lipinski definition) is 3. The van der Waals surface area contributed by atoms with E-state index >= 15 is 0 Å². The first-order valence-corrected chi connectivity index (χ1v) is 11.4. The highest BCUT2D eigenvalue weighted by atomic mass is 32.2. The van der Waals surface area contributed by atoms with Gasteiger partial charge in [0, 0.05) is 11.6 Å². The molecule has 162 valence electrons. The number of H-pyrrole nitrogens is 2. The molecule has 8 nitrogen and oxygen atoms in total. The molecule has 0 spiro atoms. The molecule has 4 aromatic rings. The van der Waals surface area contributed by atoms with Crippen LogP contribution < -0.4 is 4.72 Å². The average molecular weight is 450 g/mol. The van der Waals surface area contributed by atoms with Gasteiger partial charge in [-0.3, -0.25) is 14.9 Å². The highest BCUT2D eigenvalue weighted by molar-refractivity contribution is 7.92. The third kappa shape index (κ3) is 3.30. The number of anilines is 1. The number of pyridine rings is 1. The third-order valence-electron chi connectivity index (χ3n) is 5.44. The van der Waals surface area contributed by atoms with E-state index in [0.717, 1.165) is 30.2 Å².